The van der Waals surface area contributed by atoms with Crippen molar-refractivity contribution in [3.05, 3.63) is 23.3 Å². The van der Waals surface area contributed by atoms with Crippen molar-refractivity contribution in [3.8, 4) is 45.6 Å². The van der Waals surface area contributed by atoms with Gasteiger partial charge >= 0.3 is 0 Å². The Morgan fingerprint density at radius 2 is 1.61 bits per heavy atom. The van der Waals surface area contributed by atoms with Crippen molar-refractivity contribution in [1.29, 1.82) is 0 Å². The first kappa shape index (κ1) is 21.4. The summed E-state index contributed by atoms with van der Waals surface area (Å²) in [5.74, 6) is 2.34. The minimum absolute atomic E-state index is 0.0837. The minimum Gasteiger partial charge on any atom is -0.493 e. The van der Waals surface area contributed by atoms with E-state index in [-0.39, 0.29) is 12.7 Å². The standard InChI is InChI=1S/C23H28O8/c1-11-7-12-8-15-19(31-10-30-15)20(28-5)16(12)17-13(22(24)23(11,2)25)9-14(26-3)18(27-4)21(17)29-6/h8-9,11,22,24-25H,7,10H2,1-6H3/t11-,22+,23-/m0/s1. The quantitative estimate of drug-likeness (QED) is 0.761. The fraction of sp³-hybridized carbons (Fsp3) is 0.478. The highest BCUT2D eigenvalue weighted by Crippen LogP contribution is 2.58. The van der Waals surface area contributed by atoms with Crippen molar-refractivity contribution in [3.63, 3.8) is 0 Å². The molecule has 2 aromatic rings. The van der Waals surface area contributed by atoms with Crippen LogP contribution in [0.3, 0.4) is 0 Å². The molecule has 0 unspecified atom stereocenters. The van der Waals surface area contributed by atoms with E-state index >= 15 is 0 Å². The Bertz CT molecular complexity index is 1010. The highest BCUT2D eigenvalue weighted by molar-refractivity contribution is 5.89. The minimum atomic E-state index is -1.43. The van der Waals surface area contributed by atoms with E-state index in [9.17, 15) is 10.2 Å². The predicted octanol–water partition coefficient (Wildman–Crippen LogP) is 3.09. The molecule has 0 bridgehead atoms. The first-order chi connectivity index (χ1) is 14.8. The van der Waals surface area contributed by atoms with Crippen LogP contribution < -0.4 is 28.4 Å². The fourth-order valence-corrected chi connectivity index (χ4v) is 4.46. The van der Waals surface area contributed by atoms with Crippen LogP contribution >= 0.6 is 0 Å². The first-order valence-electron chi connectivity index (χ1n) is 10.0. The van der Waals surface area contributed by atoms with E-state index in [2.05, 4.69) is 0 Å². The van der Waals surface area contributed by atoms with Gasteiger partial charge in [0.05, 0.1) is 34.0 Å². The molecule has 2 aromatic carbocycles. The van der Waals surface area contributed by atoms with Crippen LogP contribution in [0.4, 0.5) is 0 Å². The van der Waals surface area contributed by atoms with Crippen molar-refractivity contribution in [2.45, 2.75) is 32.0 Å². The zero-order chi connectivity index (χ0) is 22.5. The number of hydrogen-bond acceptors (Lipinski definition) is 8. The average molecular weight is 432 g/mol. The summed E-state index contributed by atoms with van der Waals surface area (Å²) < 4.78 is 34.0. The van der Waals surface area contributed by atoms with Gasteiger partial charge in [-0.15, -0.1) is 0 Å². The summed E-state index contributed by atoms with van der Waals surface area (Å²) >= 11 is 0. The van der Waals surface area contributed by atoms with Crippen molar-refractivity contribution in [2.24, 2.45) is 5.92 Å². The molecule has 8 nitrogen and oxygen atoms in total. The molecule has 0 amide bonds. The third kappa shape index (κ3) is 3.04. The lowest BCUT2D eigenvalue weighted by Crippen LogP contribution is -2.41. The number of fused-ring (bicyclic) bond motifs is 4. The molecule has 2 aliphatic rings. The smallest absolute Gasteiger partial charge is 0.231 e. The molecule has 0 spiro atoms. The summed E-state index contributed by atoms with van der Waals surface area (Å²) in [7, 11) is 6.09. The molecule has 0 saturated carbocycles. The molecule has 1 heterocycles. The molecule has 8 heteroatoms. The number of aliphatic hydroxyl groups excluding tert-OH is 1. The van der Waals surface area contributed by atoms with Crippen LogP contribution in [0, 0.1) is 5.92 Å². The van der Waals surface area contributed by atoms with E-state index in [0.29, 0.717) is 57.6 Å². The predicted molar refractivity (Wildman–Crippen MR) is 113 cm³/mol. The summed E-state index contributed by atoms with van der Waals surface area (Å²) in [5.41, 5.74) is 1.11. The third-order valence-corrected chi connectivity index (χ3v) is 6.39. The molecule has 168 valence electrons. The van der Waals surface area contributed by atoms with Gasteiger partial charge in [0.25, 0.3) is 0 Å². The zero-order valence-electron chi connectivity index (χ0n) is 18.6. The van der Waals surface area contributed by atoms with E-state index in [1.165, 1.54) is 21.3 Å². The Balaban J connectivity index is 2.19. The Hall–Kier alpha value is -2.84. The SMILES string of the molecule is COc1cc2c(c(OC)c1OC)-c1c(cc3c(c1OC)OCO3)C[C@H](C)[C@](C)(O)[C@@H]2O. The van der Waals surface area contributed by atoms with Crippen molar-refractivity contribution in [1.82, 2.24) is 0 Å². The van der Waals surface area contributed by atoms with Gasteiger partial charge in [-0.2, -0.15) is 0 Å². The molecule has 3 atom stereocenters. The van der Waals surface area contributed by atoms with Crippen LogP contribution in [-0.4, -0.2) is 51.0 Å². The lowest BCUT2D eigenvalue weighted by Gasteiger charge is -2.39. The van der Waals surface area contributed by atoms with Crippen molar-refractivity contribution >= 4 is 0 Å². The maximum Gasteiger partial charge on any atom is 0.231 e. The number of hydrogen-bond donors (Lipinski definition) is 2. The summed E-state index contributed by atoms with van der Waals surface area (Å²) in [4.78, 5) is 0. The number of methoxy groups -OCH3 is 4. The van der Waals surface area contributed by atoms with E-state index in [1.54, 1.807) is 20.1 Å². The Morgan fingerprint density at radius 3 is 2.23 bits per heavy atom. The molecule has 1 aliphatic heterocycles. The highest BCUT2D eigenvalue weighted by Gasteiger charge is 2.44. The van der Waals surface area contributed by atoms with Crippen LogP contribution in [0.5, 0.6) is 34.5 Å². The second-order valence-corrected chi connectivity index (χ2v) is 8.02. The highest BCUT2D eigenvalue weighted by atomic mass is 16.7. The zero-order valence-corrected chi connectivity index (χ0v) is 18.6. The van der Waals surface area contributed by atoms with Crippen LogP contribution in [0.25, 0.3) is 11.1 Å². The number of ether oxygens (including phenoxy) is 6. The molecule has 0 fully saturated rings. The van der Waals surface area contributed by atoms with Gasteiger partial charge < -0.3 is 38.6 Å². The van der Waals surface area contributed by atoms with Gasteiger partial charge in [0.1, 0.15) is 6.10 Å². The number of benzene rings is 2. The second kappa shape index (κ2) is 7.69. The van der Waals surface area contributed by atoms with Gasteiger partial charge in [-0.1, -0.05) is 6.92 Å². The third-order valence-electron chi connectivity index (χ3n) is 6.39. The maximum atomic E-state index is 11.4. The van der Waals surface area contributed by atoms with E-state index in [0.717, 1.165) is 5.56 Å². The van der Waals surface area contributed by atoms with Gasteiger partial charge in [0.15, 0.2) is 23.0 Å². The topological polar surface area (TPSA) is 95.8 Å². The van der Waals surface area contributed by atoms with E-state index in [1.807, 2.05) is 13.0 Å². The molecule has 1 aliphatic carbocycles. The maximum absolute atomic E-state index is 11.4. The Labute approximate surface area is 181 Å². The first-order valence-corrected chi connectivity index (χ1v) is 10.0. The molecule has 0 radical (unpaired) electrons. The van der Waals surface area contributed by atoms with Crippen LogP contribution in [-0.2, 0) is 6.42 Å². The van der Waals surface area contributed by atoms with Crippen molar-refractivity contribution in [2.75, 3.05) is 35.2 Å². The summed E-state index contributed by atoms with van der Waals surface area (Å²) in [6.45, 7) is 3.61. The molecular weight excluding hydrogens is 404 g/mol. The van der Waals surface area contributed by atoms with Crippen LogP contribution in [0.2, 0.25) is 0 Å². The second-order valence-electron chi connectivity index (χ2n) is 8.02. The van der Waals surface area contributed by atoms with Gasteiger partial charge in [-0.05, 0) is 42.5 Å². The van der Waals surface area contributed by atoms with Crippen LogP contribution in [0.1, 0.15) is 31.1 Å². The molecule has 4 rings (SSSR count). The monoisotopic (exact) mass is 432 g/mol. The molecular formula is C23H28O8. The van der Waals surface area contributed by atoms with Crippen LogP contribution in [0.15, 0.2) is 12.1 Å². The lowest BCUT2D eigenvalue weighted by atomic mass is 9.73. The molecule has 0 aromatic heterocycles. The molecule has 31 heavy (non-hydrogen) atoms. The number of rotatable bonds is 4. The number of aliphatic hydroxyl groups is 2. The largest absolute Gasteiger partial charge is 0.493 e. The van der Waals surface area contributed by atoms with E-state index < -0.39 is 11.7 Å². The Morgan fingerprint density at radius 1 is 0.935 bits per heavy atom. The van der Waals surface area contributed by atoms with Gasteiger partial charge in [-0.25, -0.2) is 0 Å². The summed E-state index contributed by atoms with van der Waals surface area (Å²) in [6.07, 6.45) is -0.766. The van der Waals surface area contributed by atoms with E-state index in [4.69, 9.17) is 28.4 Å². The Kier molecular flexibility index (Phi) is 5.31. The summed E-state index contributed by atoms with van der Waals surface area (Å²) in [6, 6.07) is 3.56. The molecule has 2 N–H and O–H groups in total. The van der Waals surface area contributed by atoms with Gasteiger partial charge in [0.2, 0.25) is 18.3 Å². The van der Waals surface area contributed by atoms with Crippen molar-refractivity contribution < 1.29 is 38.6 Å². The lowest BCUT2D eigenvalue weighted by molar-refractivity contribution is -0.0989. The molecule has 0 saturated heterocycles. The van der Waals surface area contributed by atoms with Gasteiger partial charge in [0, 0.05) is 11.1 Å². The van der Waals surface area contributed by atoms with Gasteiger partial charge in [-0.3, -0.25) is 0 Å². The fourth-order valence-electron chi connectivity index (χ4n) is 4.46. The summed E-state index contributed by atoms with van der Waals surface area (Å²) in [5, 5.41) is 22.7. The normalized spacial score (nSPS) is 23.9. The average Bonchev–Trinajstić information content (AvgIpc) is 3.23.